The molecule has 0 aliphatic carbocycles. The number of pyridine rings is 1. The van der Waals surface area contributed by atoms with E-state index in [-0.39, 0.29) is 17.3 Å². The van der Waals surface area contributed by atoms with Crippen LogP contribution in [-0.4, -0.2) is 35.9 Å². The normalized spacial score (nSPS) is 10.2. The molecular weight excluding hydrogens is 233 g/mol. The molecule has 0 aromatic carbocycles. The molecule has 1 aromatic heterocycles. The van der Waals surface area contributed by atoms with Crippen molar-refractivity contribution in [1.82, 2.24) is 9.88 Å². The van der Waals surface area contributed by atoms with Crippen LogP contribution in [0.5, 0.6) is 0 Å². The van der Waals surface area contributed by atoms with Crippen molar-refractivity contribution in [1.29, 1.82) is 0 Å². The molecule has 0 saturated carbocycles. The SMILES string of the molecule is CCCCN(C)C(=O)c1ccnc(NCC)c1F. The number of hydrogen-bond donors (Lipinski definition) is 1. The van der Waals surface area contributed by atoms with Gasteiger partial charge >= 0.3 is 0 Å². The van der Waals surface area contributed by atoms with Gasteiger partial charge in [-0.1, -0.05) is 13.3 Å². The highest BCUT2D eigenvalue weighted by molar-refractivity contribution is 5.95. The molecule has 0 unspecified atom stereocenters. The fourth-order valence-electron chi connectivity index (χ4n) is 1.60. The van der Waals surface area contributed by atoms with Crippen molar-refractivity contribution in [2.75, 3.05) is 25.5 Å². The Hall–Kier alpha value is -1.65. The third kappa shape index (κ3) is 3.42. The number of nitrogens with one attached hydrogen (secondary N) is 1. The maximum atomic E-state index is 14.0. The highest BCUT2D eigenvalue weighted by Crippen LogP contribution is 2.16. The van der Waals surface area contributed by atoms with Crippen molar-refractivity contribution in [3.05, 3.63) is 23.6 Å². The summed E-state index contributed by atoms with van der Waals surface area (Å²) in [6.07, 6.45) is 3.36. The van der Waals surface area contributed by atoms with Crippen LogP contribution < -0.4 is 5.32 Å². The van der Waals surface area contributed by atoms with E-state index >= 15 is 0 Å². The average molecular weight is 253 g/mol. The largest absolute Gasteiger partial charge is 0.368 e. The van der Waals surface area contributed by atoms with Crippen molar-refractivity contribution in [3.63, 3.8) is 0 Å². The molecule has 18 heavy (non-hydrogen) atoms. The molecule has 1 heterocycles. The molecule has 0 radical (unpaired) electrons. The number of aromatic nitrogens is 1. The van der Waals surface area contributed by atoms with Crippen molar-refractivity contribution in [3.8, 4) is 0 Å². The highest BCUT2D eigenvalue weighted by Gasteiger charge is 2.18. The molecule has 0 bridgehead atoms. The number of nitrogens with zero attached hydrogens (tertiary/aromatic N) is 2. The number of carbonyl (C=O) groups is 1. The minimum absolute atomic E-state index is 0.0690. The lowest BCUT2D eigenvalue weighted by molar-refractivity contribution is 0.0788. The Labute approximate surface area is 107 Å². The minimum Gasteiger partial charge on any atom is -0.368 e. The van der Waals surface area contributed by atoms with Gasteiger partial charge in [-0.25, -0.2) is 9.37 Å². The number of unbranched alkanes of at least 4 members (excludes halogenated alkanes) is 1. The number of halogens is 1. The summed E-state index contributed by atoms with van der Waals surface area (Å²) in [5.41, 5.74) is 0.0690. The van der Waals surface area contributed by atoms with E-state index in [1.165, 1.54) is 17.2 Å². The van der Waals surface area contributed by atoms with Crippen LogP contribution in [-0.2, 0) is 0 Å². The van der Waals surface area contributed by atoms with E-state index in [0.717, 1.165) is 12.8 Å². The Kier molecular flexibility index (Phi) is 5.55. The Morgan fingerprint density at radius 2 is 2.22 bits per heavy atom. The maximum absolute atomic E-state index is 14.0. The maximum Gasteiger partial charge on any atom is 0.256 e. The standard InChI is InChI=1S/C13H20FN3O/c1-4-6-9-17(3)13(18)10-7-8-16-12(11(10)14)15-5-2/h7-8H,4-6,9H2,1-3H3,(H,15,16). The molecule has 5 heteroatoms. The summed E-state index contributed by atoms with van der Waals surface area (Å²) >= 11 is 0. The third-order valence-corrected chi connectivity index (χ3v) is 2.66. The summed E-state index contributed by atoms with van der Waals surface area (Å²) in [6.45, 7) is 5.10. The van der Waals surface area contributed by atoms with Crippen LogP contribution in [0.1, 0.15) is 37.0 Å². The molecule has 1 N–H and O–H groups in total. The first-order valence-corrected chi connectivity index (χ1v) is 6.25. The summed E-state index contributed by atoms with van der Waals surface area (Å²) in [7, 11) is 1.69. The average Bonchev–Trinajstić information content (AvgIpc) is 2.38. The van der Waals surface area contributed by atoms with Gasteiger partial charge in [0.25, 0.3) is 5.91 Å². The van der Waals surface area contributed by atoms with Crippen LogP contribution in [0.25, 0.3) is 0 Å². The number of anilines is 1. The van der Waals surface area contributed by atoms with Crippen molar-refractivity contribution < 1.29 is 9.18 Å². The zero-order valence-electron chi connectivity index (χ0n) is 11.2. The molecule has 1 amide bonds. The van der Waals surface area contributed by atoms with Gasteiger partial charge in [-0.3, -0.25) is 4.79 Å². The molecule has 1 aromatic rings. The first kappa shape index (κ1) is 14.4. The second-order valence-corrected chi connectivity index (χ2v) is 4.13. The summed E-state index contributed by atoms with van der Waals surface area (Å²) in [6, 6.07) is 1.42. The summed E-state index contributed by atoms with van der Waals surface area (Å²) in [5.74, 6) is -0.748. The smallest absolute Gasteiger partial charge is 0.256 e. The molecule has 100 valence electrons. The summed E-state index contributed by atoms with van der Waals surface area (Å²) < 4.78 is 14.0. The number of carbonyl (C=O) groups excluding carboxylic acids is 1. The fourth-order valence-corrected chi connectivity index (χ4v) is 1.60. The molecule has 0 aliphatic rings. The molecule has 0 fully saturated rings. The van der Waals surface area contributed by atoms with E-state index in [9.17, 15) is 9.18 Å². The van der Waals surface area contributed by atoms with Crippen molar-refractivity contribution in [2.45, 2.75) is 26.7 Å². The van der Waals surface area contributed by atoms with E-state index in [4.69, 9.17) is 0 Å². The van der Waals surface area contributed by atoms with Crippen LogP contribution in [0.4, 0.5) is 10.2 Å². The number of rotatable bonds is 6. The van der Waals surface area contributed by atoms with Gasteiger partial charge < -0.3 is 10.2 Å². The van der Waals surface area contributed by atoms with E-state index in [0.29, 0.717) is 13.1 Å². The van der Waals surface area contributed by atoms with Crippen molar-refractivity contribution in [2.24, 2.45) is 0 Å². The van der Waals surface area contributed by atoms with Gasteiger partial charge in [0.1, 0.15) is 0 Å². The lowest BCUT2D eigenvalue weighted by Crippen LogP contribution is -2.28. The monoisotopic (exact) mass is 253 g/mol. The highest BCUT2D eigenvalue weighted by atomic mass is 19.1. The Morgan fingerprint density at radius 1 is 1.50 bits per heavy atom. The molecular formula is C13H20FN3O. The van der Waals surface area contributed by atoms with Gasteiger partial charge in [0.15, 0.2) is 11.6 Å². The Balaban J connectivity index is 2.88. The van der Waals surface area contributed by atoms with Crippen LogP contribution >= 0.6 is 0 Å². The second-order valence-electron chi connectivity index (χ2n) is 4.13. The molecule has 0 spiro atoms. The third-order valence-electron chi connectivity index (χ3n) is 2.66. The fraction of sp³-hybridized carbons (Fsp3) is 0.538. The van der Waals surface area contributed by atoms with Crippen LogP contribution in [0.3, 0.4) is 0 Å². The molecule has 0 saturated heterocycles. The number of hydrogen-bond acceptors (Lipinski definition) is 3. The quantitative estimate of drug-likeness (QED) is 0.847. The lowest BCUT2D eigenvalue weighted by Gasteiger charge is -2.17. The molecule has 4 nitrogen and oxygen atoms in total. The van der Waals surface area contributed by atoms with E-state index < -0.39 is 5.82 Å². The zero-order valence-corrected chi connectivity index (χ0v) is 11.2. The van der Waals surface area contributed by atoms with Crippen molar-refractivity contribution >= 4 is 11.7 Å². The molecule has 1 rings (SSSR count). The predicted octanol–water partition coefficient (Wildman–Crippen LogP) is 2.52. The van der Waals surface area contributed by atoms with Gasteiger partial charge in [0, 0.05) is 26.3 Å². The predicted molar refractivity (Wildman–Crippen MR) is 70.2 cm³/mol. The van der Waals surface area contributed by atoms with Gasteiger partial charge in [-0.05, 0) is 19.4 Å². The first-order chi connectivity index (χ1) is 8.61. The van der Waals surface area contributed by atoms with Gasteiger partial charge in [-0.15, -0.1) is 0 Å². The zero-order chi connectivity index (χ0) is 13.5. The van der Waals surface area contributed by atoms with E-state index in [2.05, 4.69) is 17.2 Å². The molecule has 0 aliphatic heterocycles. The van der Waals surface area contributed by atoms with E-state index in [1.807, 2.05) is 6.92 Å². The first-order valence-electron chi connectivity index (χ1n) is 6.25. The lowest BCUT2D eigenvalue weighted by atomic mass is 10.2. The summed E-state index contributed by atoms with van der Waals surface area (Å²) in [5, 5.41) is 2.80. The number of amides is 1. The van der Waals surface area contributed by atoms with Gasteiger partial charge in [0.05, 0.1) is 5.56 Å². The Bertz CT molecular complexity index is 409. The topological polar surface area (TPSA) is 45.2 Å². The van der Waals surface area contributed by atoms with Crippen LogP contribution in [0, 0.1) is 5.82 Å². The Morgan fingerprint density at radius 3 is 2.83 bits per heavy atom. The van der Waals surface area contributed by atoms with E-state index in [1.54, 1.807) is 7.05 Å². The van der Waals surface area contributed by atoms with Crippen LogP contribution in [0.2, 0.25) is 0 Å². The summed E-state index contributed by atoms with van der Waals surface area (Å²) in [4.78, 5) is 17.5. The van der Waals surface area contributed by atoms with Crippen LogP contribution in [0.15, 0.2) is 12.3 Å². The van der Waals surface area contributed by atoms with Gasteiger partial charge in [-0.2, -0.15) is 0 Å². The second kappa shape index (κ2) is 6.93. The minimum atomic E-state index is -0.576. The molecule has 0 atom stereocenters. The van der Waals surface area contributed by atoms with Gasteiger partial charge in [0.2, 0.25) is 0 Å².